The van der Waals surface area contributed by atoms with Gasteiger partial charge in [0.15, 0.2) is 11.6 Å². The lowest BCUT2D eigenvalue weighted by molar-refractivity contribution is 0.282. The summed E-state index contributed by atoms with van der Waals surface area (Å²) in [4.78, 5) is -0.318. The minimum Gasteiger partial charge on any atom is -0.392 e. The van der Waals surface area contributed by atoms with Crippen LogP contribution in [0.2, 0.25) is 0 Å². The van der Waals surface area contributed by atoms with Crippen molar-refractivity contribution in [3.8, 4) is 0 Å². The molecule has 0 saturated heterocycles. The molecule has 0 amide bonds. The van der Waals surface area contributed by atoms with Crippen LogP contribution in [0.4, 0.5) is 8.78 Å². The van der Waals surface area contributed by atoms with Gasteiger partial charge in [-0.3, -0.25) is 0 Å². The summed E-state index contributed by atoms with van der Waals surface area (Å²) in [6, 6.07) is 9.51. The quantitative estimate of drug-likeness (QED) is 0.852. The number of nitrogens with one attached hydrogen (secondary N) is 1. The summed E-state index contributed by atoms with van der Waals surface area (Å²) in [5.41, 5.74) is 1.66. The Morgan fingerprint density at radius 1 is 0.955 bits per heavy atom. The first kappa shape index (κ1) is 16.5. The Bertz CT molecular complexity index is 746. The van der Waals surface area contributed by atoms with Gasteiger partial charge in [-0.2, -0.15) is 0 Å². The van der Waals surface area contributed by atoms with Gasteiger partial charge in [-0.25, -0.2) is 21.9 Å². The van der Waals surface area contributed by atoms with E-state index in [0.29, 0.717) is 12.5 Å². The molecular weight excluding hydrogens is 312 g/mol. The molecule has 2 aromatic rings. The van der Waals surface area contributed by atoms with E-state index in [1.807, 2.05) is 0 Å². The first-order valence-corrected chi connectivity index (χ1v) is 8.04. The molecule has 0 saturated carbocycles. The van der Waals surface area contributed by atoms with Crippen LogP contribution < -0.4 is 4.72 Å². The van der Waals surface area contributed by atoms with Crippen molar-refractivity contribution in [2.75, 3.05) is 6.54 Å². The number of hydrogen-bond acceptors (Lipinski definition) is 3. The molecule has 0 atom stereocenters. The van der Waals surface area contributed by atoms with E-state index in [2.05, 4.69) is 4.72 Å². The summed E-state index contributed by atoms with van der Waals surface area (Å²) >= 11 is 0. The average Bonchev–Trinajstić information content (AvgIpc) is 2.50. The van der Waals surface area contributed by atoms with Gasteiger partial charge in [0.25, 0.3) is 0 Å². The molecule has 118 valence electrons. The first-order chi connectivity index (χ1) is 10.4. The molecule has 2 N–H and O–H groups in total. The second-order valence-electron chi connectivity index (χ2n) is 4.70. The third-order valence-electron chi connectivity index (χ3n) is 3.11. The summed E-state index contributed by atoms with van der Waals surface area (Å²) in [5.74, 6) is -2.30. The van der Waals surface area contributed by atoms with Gasteiger partial charge in [-0.1, -0.05) is 24.3 Å². The van der Waals surface area contributed by atoms with Crippen molar-refractivity contribution in [3.05, 3.63) is 65.2 Å². The van der Waals surface area contributed by atoms with Crippen LogP contribution in [0.25, 0.3) is 0 Å². The fraction of sp³-hybridized carbons (Fsp3) is 0.200. The summed E-state index contributed by atoms with van der Waals surface area (Å²) in [6.07, 6.45) is 0.439. The van der Waals surface area contributed by atoms with Crippen molar-refractivity contribution in [1.29, 1.82) is 0 Å². The molecule has 2 rings (SSSR count). The van der Waals surface area contributed by atoms with Crippen molar-refractivity contribution in [2.24, 2.45) is 0 Å². The lowest BCUT2D eigenvalue weighted by Gasteiger charge is -2.07. The maximum atomic E-state index is 13.1. The average molecular weight is 327 g/mol. The van der Waals surface area contributed by atoms with Crippen LogP contribution in [0.1, 0.15) is 11.1 Å². The third kappa shape index (κ3) is 4.09. The second kappa shape index (κ2) is 6.95. The van der Waals surface area contributed by atoms with Crippen LogP contribution in [0, 0.1) is 11.6 Å². The Hall–Kier alpha value is -1.83. The number of sulfonamides is 1. The molecule has 0 aliphatic heterocycles. The van der Waals surface area contributed by atoms with Crippen molar-refractivity contribution in [2.45, 2.75) is 17.9 Å². The Morgan fingerprint density at radius 3 is 2.18 bits per heavy atom. The van der Waals surface area contributed by atoms with Gasteiger partial charge in [0.2, 0.25) is 10.0 Å². The summed E-state index contributed by atoms with van der Waals surface area (Å²) < 4.78 is 52.1. The lowest BCUT2D eigenvalue weighted by Crippen LogP contribution is -2.26. The zero-order valence-electron chi connectivity index (χ0n) is 11.6. The highest BCUT2D eigenvalue weighted by Crippen LogP contribution is 2.13. The van der Waals surface area contributed by atoms with Gasteiger partial charge in [0.1, 0.15) is 0 Å². The van der Waals surface area contributed by atoms with E-state index in [9.17, 15) is 17.2 Å². The molecule has 22 heavy (non-hydrogen) atoms. The normalized spacial score (nSPS) is 11.6. The summed E-state index contributed by atoms with van der Waals surface area (Å²) in [7, 11) is -3.88. The SMILES string of the molecule is O=S(=O)(NCCc1ccc(CO)cc1)c1ccc(F)c(F)c1. The molecule has 0 heterocycles. The van der Waals surface area contributed by atoms with E-state index in [1.54, 1.807) is 24.3 Å². The van der Waals surface area contributed by atoms with E-state index >= 15 is 0 Å². The molecule has 0 unspecified atom stereocenters. The molecule has 0 bridgehead atoms. The maximum Gasteiger partial charge on any atom is 0.240 e. The van der Waals surface area contributed by atoms with Crippen molar-refractivity contribution < 1.29 is 22.3 Å². The number of rotatable bonds is 6. The first-order valence-electron chi connectivity index (χ1n) is 6.56. The predicted octanol–water partition coefficient (Wildman–Crippen LogP) is 1.98. The minimum absolute atomic E-state index is 0.0525. The number of aliphatic hydroxyl groups is 1. The van der Waals surface area contributed by atoms with Gasteiger partial charge < -0.3 is 5.11 Å². The van der Waals surface area contributed by atoms with Gasteiger partial charge in [0, 0.05) is 6.54 Å². The highest BCUT2D eigenvalue weighted by Gasteiger charge is 2.15. The molecule has 0 aliphatic carbocycles. The van der Waals surface area contributed by atoms with E-state index in [-0.39, 0.29) is 18.0 Å². The Morgan fingerprint density at radius 2 is 1.59 bits per heavy atom. The van der Waals surface area contributed by atoms with Crippen molar-refractivity contribution >= 4 is 10.0 Å². The second-order valence-corrected chi connectivity index (χ2v) is 6.47. The number of aliphatic hydroxyl groups excluding tert-OH is 1. The van der Waals surface area contributed by atoms with E-state index in [1.165, 1.54) is 0 Å². The predicted molar refractivity (Wildman–Crippen MR) is 77.6 cm³/mol. The Balaban J connectivity index is 1.98. The van der Waals surface area contributed by atoms with Gasteiger partial charge in [-0.15, -0.1) is 0 Å². The number of benzene rings is 2. The standard InChI is InChI=1S/C15H15F2NO3S/c16-14-6-5-13(9-15(14)17)22(20,21)18-8-7-11-1-3-12(10-19)4-2-11/h1-6,9,18-19H,7-8,10H2. The number of hydrogen-bond donors (Lipinski definition) is 2. The maximum absolute atomic E-state index is 13.1. The van der Waals surface area contributed by atoms with Gasteiger partial charge >= 0.3 is 0 Å². The molecule has 0 aliphatic rings. The van der Waals surface area contributed by atoms with Crippen LogP contribution >= 0.6 is 0 Å². The van der Waals surface area contributed by atoms with Crippen LogP contribution in [0.15, 0.2) is 47.4 Å². The molecule has 4 nitrogen and oxygen atoms in total. The van der Waals surface area contributed by atoms with Gasteiger partial charge in [0.05, 0.1) is 11.5 Å². The molecule has 0 spiro atoms. The minimum atomic E-state index is -3.88. The fourth-order valence-corrected chi connectivity index (χ4v) is 2.91. The van der Waals surface area contributed by atoms with E-state index in [4.69, 9.17) is 5.11 Å². The van der Waals surface area contributed by atoms with Crippen LogP contribution in [-0.2, 0) is 23.1 Å². The Labute approximate surface area is 127 Å². The highest BCUT2D eigenvalue weighted by molar-refractivity contribution is 7.89. The zero-order chi connectivity index (χ0) is 16.2. The molecule has 0 radical (unpaired) electrons. The zero-order valence-corrected chi connectivity index (χ0v) is 12.4. The van der Waals surface area contributed by atoms with Gasteiger partial charge in [-0.05, 0) is 35.7 Å². The monoisotopic (exact) mass is 327 g/mol. The van der Waals surface area contributed by atoms with Crippen LogP contribution in [0.3, 0.4) is 0 Å². The molecular formula is C15H15F2NO3S. The molecule has 7 heteroatoms. The number of halogens is 2. The lowest BCUT2D eigenvalue weighted by atomic mass is 10.1. The smallest absolute Gasteiger partial charge is 0.240 e. The largest absolute Gasteiger partial charge is 0.392 e. The highest BCUT2D eigenvalue weighted by atomic mass is 32.2. The Kier molecular flexibility index (Phi) is 5.23. The molecule has 0 fully saturated rings. The third-order valence-corrected chi connectivity index (χ3v) is 4.57. The topological polar surface area (TPSA) is 66.4 Å². The van der Waals surface area contributed by atoms with Crippen molar-refractivity contribution in [3.63, 3.8) is 0 Å². The fourth-order valence-electron chi connectivity index (χ4n) is 1.87. The van der Waals surface area contributed by atoms with Crippen LogP contribution in [-0.4, -0.2) is 20.1 Å². The summed E-state index contributed by atoms with van der Waals surface area (Å²) in [6.45, 7) is 0.0723. The molecule has 0 aromatic heterocycles. The van der Waals surface area contributed by atoms with Crippen LogP contribution in [0.5, 0.6) is 0 Å². The van der Waals surface area contributed by atoms with E-state index in [0.717, 1.165) is 23.3 Å². The molecule has 2 aromatic carbocycles. The van der Waals surface area contributed by atoms with E-state index < -0.39 is 21.7 Å². The summed E-state index contributed by atoms with van der Waals surface area (Å²) in [5, 5.41) is 8.93. The van der Waals surface area contributed by atoms with Crippen molar-refractivity contribution in [1.82, 2.24) is 4.72 Å².